The van der Waals surface area contributed by atoms with Crippen molar-refractivity contribution in [2.24, 2.45) is 0 Å². The van der Waals surface area contributed by atoms with Crippen LogP contribution in [0.3, 0.4) is 0 Å². The number of carbonyl (C=O) groups excluding carboxylic acids is 1. The molecule has 0 N–H and O–H groups in total. The monoisotopic (exact) mass is 322 g/mol. The molecular formula is C17H13F3O3. The van der Waals surface area contributed by atoms with Crippen LogP contribution in [-0.4, -0.2) is 19.0 Å². The molecular weight excluding hydrogens is 309 g/mol. The van der Waals surface area contributed by atoms with Crippen LogP contribution in [0.4, 0.5) is 13.2 Å². The van der Waals surface area contributed by atoms with Crippen molar-refractivity contribution < 1.29 is 27.4 Å². The van der Waals surface area contributed by atoms with Crippen LogP contribution in [-0.2, 0) is 12.6 Å². The van der Waals surface area contributed by atoms with E-state index >= 15 is 0 Å². The van der Waals surface area contributed by atoms with Crippen molar-refractivity contribution in [3.8, 4) is 11.5 Å². The number of rotatable bonds is 3. The molecule has 0 fully saturated rings. The van der Waals surface area contributed by atoms with Gasteiger partial charge in [0.05, 0.1) is 18.2 Å². The van der Waals surface area contributed by atoms with Crippen molar-refractivity contribution >= 4 is 5.78 Å². The number of ether oxygens (including phenoxy) is 2. The summed E-state index contributed by atoms with van der Waals surface area (Å²) >= 11 is 0. The fourth-order valence-electron chi connectivity index (χ4n) is 2.53. The minimum absolute atomic E-state index is 0.0831. The van der Waals surface area contributed by atoms with E-state index in [-0.39, 0.29) is 12.2 Å². The van der Waals surface area contributed by atoms with E-state index in [1.165, 1.54) is 13.2 Å². The summed E-state index contributed by atoms with van der Waals surface area (Å²) in [4.78, 5) is 12.3. The Morgan fingerprint density at radius 2 is 1.96 bits per heavy atom. The van der Waals surface area contributed by atoms with E-state index in [1.807, 2.05) is 0 Å². The van der Waals surface area contributed by atoms with Gasteiger partial charge in [-0.3, -0.25) is 4.79 Å². The zero-order valence-corrected chi connectivity index (χ0v) is 12.2. The summed E-state index contributed by atoms with van der Waals surface area (Å²) in [5, 5.41) is 0. The molecule has 1 aliphatic rings. The van der Waals surface area contributed by atoms with Crippen LogP contribution in [0.15, 0.2) is 42.5 Å². The van der Waals surface area contributed by atoms with Gasteiger partial charge in [0.15, 0.2) is 6.10 Å². The third-order valence-electron chi connectivity index (χ3n) is 3.69. The Bertz CT molecular complexity index is 753. The molecule has 3 nitrogen and oxygen atoms in total. The number of alkyl halides is 3. The van der Waals surface area contributed by atoms with E-state index in [0.29, 0.717) is 22.6 Å². The van der Waals surface area contributed by atoms with E-state index in [2.05, 4.69) is 0 Å². The van der Waals surface area contributed by atoms with Gasteiger partial charge in [0.2, 0.25) is 5.78 Å². The van der Waals surface area contributed by atoms with Crippen LogP contribution >= 0.6 is 0 Å². The fraction of sp³-hybridized carbons (Fsp3) is 0.235. The number of Topliss-reactive ketones (excluding diaryl/α,β-unsaturated/α-hetero) is 1. The molecule has 0 saturated carbocycles. The zero-order chi connectivity index (χ0) is 16.6. The van der Waals surface area contributed by atoms with Gasteiger partial charge in [-0.15, -0.1) is 0 Å². The number of halogens is 3. The summed E-state index contributed by atoms with van der Waals surface area (Å²) in [7, 11) is 1.49. The molecule has 23 heavy (non-hydrogen) atoms. The maximum Gasteiger partial charge on any atom is 0.416 e. The first-order chi connectivity index (χ1) is 10.9. The van der Waals surface area contributed by atoms with Crippen LogP contribution < -0.4 is 9.47 Å². The largest absolute Gasteiger partial charge is 0.497 e. The van der Waals surface area contributed by atoms with Crippen LogP contribution in [0.2, 0.25) is 0 Å². The van der Waals surface area contributed by atoms with E-state index < -0.39 is 17.8 Å². The Labute approximate surface area is 130 Å². The van der Waals surface area contributed by atoms with Crippen LogP contribution in [0.1, 0.15) is 21.5 Å². The Kier molecular flexibility index (Phi) is 3.75. The molecule has 0 amide bonds. The lowest BCUT2D eigenvalue weighted by Crippen LogP contribution is -2.23. The molecule has 0 bridgehead atoms. The maximum atomic E-state index is 12.7. The lowest BCUT2D eigenvalue weighted by atomic mass is 10.0. The predicted molar refractivity (Wildman–Crippen MR) is 76.9 cm³/mol. The van der Waals surface area contributed by atoms with Gasteiger partial charge < -0.3 is 9.47 Å². The highest BCUT2D eigenvalue weighted by Gasteiger charge is 2.34. The highest BCUT2D eigenvalue weighted by Crippen LogP contribution is 2.34. The first-order valence-corrected chi connectivity index (χ1v) is 6.93. The van der Waals surface area contributed by atoms with Crippen molar-refractivity contribution in [3.63, 3.8) is 0 Å². The third kappa shape index (κ3) is 3.02. The van der Waals surface area contributed by atoms with Crippen molar-refractivity contribution in [2.45, 2.75) is 18.7 Å². The lowest BCUT2D eigenvalue weighted by Gasteiger charge is -2.12. The number of fused-ring (bicyclic) bond motifs is 1. The first kappa shape index (κ1) is 15.4. The van der Waals surface area contributed by atoms with Crippen LogP contribution in [0.5, 0.6) is 11.5 Å². The standard InChI is InChI=1S/C17H13F3O3/c1-22-12-5-6-14-13(9-12)16(21)15(23-14)8-10-3-2-4-11(7-10)17(18,19)20/h2-7,9,15H,8H2,1H3. The number of hydrogen-bond donors (Lipinski definition) is 0. The van der Waals surface area contributed by atoms with Gasteiger partial charge in [-0.1, -0.05) is 18.2 Å². The van der Waals surface area contributed by atoms with Crippen molar-refractivity contribution in [3.05, 3.63) is 59.2 Å². The molecule has 2 aromatic carbocycles. The SMILES string of the molecule is COc1ccc2c(c1)C(=O)C(Cc1cccc(C(F)(F)F)c1)O2. The molecule has 1 atom stereocenters. The second kappa shape index (κ2) is 5.61. The Hall–Kier alpha value is -2.50. The minimum Gasteiger partial charge on any atom is -0.497 e. The molecule has 1 aliphatic heterocycles. The predicted octanol–water partition coefficient (Wildman–Crippen LogP) is 3.90. The second-order valence-electron chi connectivity index (χ2n) is 5.24. The number of methoxy groups -OCH3 is 1. The molecule has 1 heterocycles. The smallest absolute Gasteiger partial charge is 0.416 e. The van der Waals surface area contributed by atoms with E-state index in [9.17, 15) is 18.0 Å². The number of carbonyl (C=O) groups is 1. The Morgan fingerprint density at radius 3 is 2.65 bits per heavy atom. The van der Waals surface area contributed by atoms with Crippen LogP contribution in [0, 0.1) is 0 Å². The summed E-state index contributed by atoms with van der Waals surface area (Å²) < 4.78 is 48.9. The van der Waals surface area contributed by atoms with Crippen molar-refractivity contribution in [1.82, 2.24) is 0 Å². The maximum absolute atomic E-state index is 12.7. The van der Waals surface area contributed by atoms with Gasteiger partial charge in [0, 0.05) is 6.42 Å². The van der Waals surface area contributed by atoms with Crippen molar-refractivity contribution in [2.75, 3.05) is 7.11 Å². The molecule has 0 radical (unpaired) electrons. The molecule has 1 unspecified atom stereocenters. The number of ketones is 1. The van der Waals surface area contributed by atoms with Gasteiger partial charge in [0.1, 0.15) is 11.5 Å². The molecule has 2 aromatic rings. The van der Waals surface area contributed by atoms with E-state index in [0.717, 1.165) is 12.1 Å². The van der Waals surface area contributed by atoms with Crippen LogP contribution in [0.25, 0.3) is 0 Å². The molecule has 0 saturated heterocycles. The quantitative estimate of drug-likeness (QED) is 0.860. The Morgan fingerprint density at radius 1 is 1.17 bits per heavy atom. The highest BCUT2D eigenvalue weighted by atomic mass is 19.4. The summed E-state index contributed by atoms with van der Waals surface area (Å²) in [5.41, 5.74) is 0.0545. The first-order valence-electron chi connectivity index (χ1n) is 6.93. The summed E-state index contributed by atoms with van der Waals surface area (Å²) in [6, 6.07) is 9.78. The zero-order valence-electron chi connectivity index (χ0n) is 12.2. The van der Waals surface area contributed by atoms with Gasteiger partial charge in [-0.25, -0.2) is 0 Å². The molecule has 3 rings (SSSR count). The summed E-state index contributed by atoms with van der Waals surface area (Å²) in [6.07, 6.45) is -5.15. The summed E-state index contributed by atoms with van der Waals surface area (Å²) in [6.45, 7) is 0. The molecule has 0 aliphatic carbocycles. The topological polar surface area (TPSA) is 35.5 Å². The molecule has 0 aromatic heterocycles. The fourth-order valence-corrected chi connectivity index (χ4v) is 2.53. The average molecular weight is 322 g/mol. The Balaban J connectivity index is 1.81. The number of hydrogen-bond acceptors (Lipinski definition) is 3. The molecule has 120 valence electrons. The second-order valence-corrected chi connectivity index (χ2v) is 5.24. The minimum atomic E-state index is -4.41. The third-order valence-corrected chi connectivity index (χ3v) is 3.69. The van der Waals surface area contributed by atoms with Gasteiger partial charge >= 0.3 is 6.18 Å². The van der Waals surface area contributed by atoms with Gasteiger partial charge in [-0.2, -0.15) is 13.2 Å². The van der Waals surface area contributed by atoms with E-state index in [4.69, 9.17) is 9.47 Å². The van der Waals surface area contributed by atoms with Crippen molar-refractivity contribution in [1.29, 1.82) is 0 Å². The molecule has 0 spiro atoms. The molecule has 6 heteroatoms. The normalized spacial score (nSPS) is 16.9. The number of benzene rings is 2. The van der Waals surface area contributed by atoms with E-state index in [1.54, 1.807) is 24.3 Å². The average Bonchev–Trinajstić information content (AvgIpc) is 2.82. The lowest BCUT2D eigenvalue weighted by molar-refractivity contribution is -0.137. The highest BCUT2D eigenvalue weighted by molar-refractivity contribution is 6.05. The summed E-state index contributed by atoms with van der Waals surface area (Å²) in [5.74, 6) is 0.699. The van der Waals surface area contributed by atoms with Gasteiger partial charge in [-0.05, 0) is 29.8 Å². The van der Waals surface area contributed by atoms with Gasteiger partial charge in [0.25, 0.3) is 0 Å².